The van der Waals surface area contributed by atoms with Gasteiger partial charge in [0.1, 0.15) is 0 Å². The maximum atomic E-state index is 12.8. The van der Waals surface area contributed by atoms with Crippen molar-refractivity contribution in [3.63, 3.8) is 0 Å². The van der Waals surface area contributed by atoms with E-state index in [1.807, 2.05) is 19.2 Å². The van der Waals surface area contributed by atoms with E-state index in [-0.39, 0.29) is 29.9 Å². The second kappa shape index (κ2) is 11.6. The first kappa shape index (κ1) is 24.7. The summed E-state index contributed by atoms with van der Waals surface area (Å²) < 4.78 is 38.5. The lowest BCUT2D eigenvalue weighted by molar-refractivity contribution is -0.137. The second-order valence-corrected chi connectivity index (χ2v) is 7.41. The molecule has 9 heteroatoms. The summed E-state index contributed by atoms with van der Waals surface area (Å²) in [6.45, 7) is 5.24. The van der Waals surface area contributed by atoms with Crippen LogP contribution in [0.2, 0.25) is 0 Å². The van der Waals surface area contributed by atoms with E-state index < -0.39 is 11.7 Å². The van der Waals surface area contributed by atoms with E-state index in [2.05, 4.69) is 20.6 Å². The number of nitrogens with one attached hydrogen (secondary N) is 2. The molecule has 2 aromatic rings. The molecule has 0 saturated carbocycles. The van der Waals surface area contributed by atoms with Gasteiger partial charge in [0, 0.05) is 31.9 Å². The molecular weight excluding hydrogens is 500 g/mol. The van der Waals surface area contributed by atoms with Gasteiger partial charge in [-0.05, 0) is 30.9 Å². The summed E-state index contributed by atoms with van der Waals surface area (Å²) in [7, 11) is 1.69. The number of nitrogens with zero attached hydrogens (tertiary/aromatic N) is 2. The highest BCUT2D eigenvalue weighted by Crippen LogP contribution is 2.31. The SMILES string of the molecule is CN=C(NCCc1csc(C)n1)NCCC(C)c1cccc(C(F)(F)F)c1.I. The zero-order valence-corrected chi connectivity index (χ0v) is 19.3. The third-order valence-electron chi connectivity index (χ3n) is 4.22. The van der Waals surface area contributed by atoms with Crippen molar-refractivity contribution >= 4 is 41.3 Å². The van der Waals surface area contributed by atoms with E-state index in [4.69, 9.17) is 0 Å². The average Bonchev–Trinajstić information content (AvgIpc) is 3.04. The number of guanidine groups is 1. The minimum atomic E-state index is -4.31. The molecule has 0 fully saturated rings. The number of aliphatic imine (C=N–C) groups is 1. The van der Waals surface area contributed by atoms with E-state index in [0.717, 1.165) is 23.2 Å². The Hall–Kier alpha value is -1.36. The second-order valence-electron chi connectivity index (χ2n) is 6.35. The zero-order chi connectivity index (χ0) is 19.9. The number of hydrogen-bond acceptors (Lipinski definition) is 3. The number of thiazole rings is 1. The van der Waals surface area contributed by atoms with Crippen LogP contribution in [0.25, 0.3) is 0 Å². The van der Waals surface area contributed by atoms with Crippen molar-refractivity contribution in [2.75, 3.05) is 20.1 Å². The van der Waals surface area contributed by atoms with Crippen LogP contribution in [-0.4, -0.2) is 31.1 Å². The summed E-state index contributed by atoms with van der Waals surface area (Å²) in [5.41, 5.74) is 1.14. The summed E-state index contributed by atoms with van der Waals surface area (Å²) in [6.07, 6.45) is -2.80. The van der Waals surface area contributed by atoms with Crippen LogP contribution in [0.1, 0.15) is 41.1 Å². The minimum absolute atomic E-state index is 0. The Morgan fingerprint density at radius 2 is 1.96 bits per heavy atom. The van der Waals surface area contributed by atoms with Crippen LogP contribution < -0.4 is 10.6 Å². The Balaban J connectivity index is 0.00000392. The first-order chi connectivity index (χ1) is 12.8. The normalized spacial score (nSPS) is 13.0. The number of aromatic nitrogens is 1. The van der Waals surface area contributed by atoms with E-state index in [1.165, 1.54) is 12.1 Å². The maximum absolute atomic E-state index is 12.8. The van der Waals surface area contributed by atoms with Crippen molar-refractivity contribution in [2.24, 2.45) is 4.99 Å². The molecule has 0 amide bonds. The summed E-state index contributed by atoms with van der Waals surface area (Å²) in [5, 5.41) is 9.53. The lowest BCUT2D eigenvalue weighted by Crippen LogP contribution is -2.39. The topological polar surface area (TPSA) is 49.3 Å². The molecule has 1 heterocycles. The van der Waals surface area contributed by atoms with Gasteiger partial charge >= 0.3 is 6.18 Å². The highest BCUT2D eigenvalue weighted by Gasteiger charge is 2.30. The molecule has 0 aliphatic rings. The van der Waals surface area contributed by atoms with Crippen LogP contribution >= 0.6 is 35.3 Å². The third kappa shape index (κ3) is 7.94. The van der Waals surface area contributed by atoms with Gasteiger partial charge in [-0.15, -0.1) is 35.3 Å². The summed E-state index contributed by atoms with van der Waals surface area (Å²) in [4.78, 5) is 8.58. The highest BCUT2D eigenvalue weighted by molar-refractivity contribution is 14.0. The predicted molar refractivity (Wildman–Crippen MR) is 120 cm³/mol. The number of rotatable bonds is 7. The van der Waals surface area contributed by atoms with E-state index in [9.17, 15) is 13.2 Å². The molecule has 1 unspecified atom stereocenters. The van der Waals surface area contributed by atoms with Gasteiger partial charge in [0.15, 0.2) is 5.96 Å². The Kier molecular flexibility index (Phi) is 10.2. The standard InChI is InChI=1S/C19H25F3N4S.HI/c1-13(15-5-4-6-16(11-15)19(20,21)22)7-9-24-18(23-3)25-10-8-17-12-27-14(2)26-17;/h4-6,11-13H,7-10H2,1-3H3,(H2,23,24,25);1H. The van der Waals surface area contributed by atoms with Crippen molar-refractivity contribution < 1.29 is 13.2 Å². The van der Waals surface area contributed by atoms with Gasteiger partial charge in [-0.2, -0.15) is 13.2 Å². The number of benzene rings is 1. The molecule has 28 heavy (non-hydrogen) atoms. The lowest BCUT2D eigenvalue weighted by atomic mass is 9.96. The van der Waals surface area contributed by atoms with Gasteiger partial charge in [0.2, 0.25) is 0 Å². The molecule has 1 atom stereocenters. The van der Waals surface area contributed by atoms with Gasteiger partial charge < -0.3 is 10.6 Å². The fourth-order valence-electron chi connectivity index (χ4n) is 2.65. The van der Waals surface area contributed by atoms with Crippen molar-refractivity contribution in [1.29, 1.82) is 0 Å². The van der Waals surface area contributed by atoms with Crippen LogP contribution in [-0.2, 0) is 12.6 Å². The molecular formula is C19H26F3IN4S. The fraction of sp³-hybridized carbons (Fsp3) is 0.474. The highest BCUT2D eigenvalue weighted by atomic mass is 127. The van der Waals surface area contributed by atoms with Crippen LogP contribution in [0.15, 0.2) is 34.6 Å². The quantitative estimate of drug-likeness (QED) is 0.304. The van der Waals surface area contributed by atoms with E-state index in [0.29, 0.717) is 31.0 Å². The summed E-state index contributed by atoms with van der Waals surface area (Å²) in [5.74, 6) is 0.689. The molecule has 1 aromatic carbocycles. The lowest BCUT2D eigenvalue weighted by Gasteiger charge is -2.16. The molecule has 0 aliphatic carbocycles. The number of halogens is 4. The Labute approximate surface area is 185 Å². The Bertz CT molecular complexity index is 762. The molecule has 156 valence electrons. The van der Waals surface area contributed by atoms with Crippen molar-refractivity contribution in [1.82, 2.24) is 15.6 Å². The van der Waals surface area contributed by atoms with Crippen LogP contribution in [0.5, 0.6) is 0 Å². The van der Waals surface area contributed by atoms with Crippen molar-refractivity contribution in [2.45, 2.75) is 38.8 Å². The maximum Gasteiger partial charge on any atom is 0.416 e. The molecule has 2 rings (SSSR count). The zero-order valence-electron chi connectivity index (χ0n) is 16.1. The smallest absolute Gasteiger partial charge is 0.356 e. The molecule has 0 bridgehead atoms. The first-order valence-electron chi connectivity index (χ1n) is 8.82. The minimum Gasteiger partial charge on any atom is -0.356 e. The van der Waals surface area contributed by atoms with Crippen LogP contribution in [0, 0.1) is 6.92 Å². The average molecular weight is 526 g/mol. The van der Waals surface area contributed by atoms with Crippen LogP contribution in [0.3, 0.4) is 0 Å². The summed E-state index contributed by atoms with van der Waals surface area (Å²) >= 11 is 1.63. The molecule has 1 aromatic heterocycles. The molecule has 0 saturated heterocycles. The Morgan fingerprint density at radius 1 is 1.25 bits per heavy atom. The Morgan fingerprint density at radius 3 is 2.57 bits per heavy atom. The fourth-order valence-corrected chi connectivity index (χ4v) is 3.30. The van der Waals surface area contributed by atoms with Gasteiger partial charge in [0.05, 0.1) is 16.3 Å². The van der Waals surface area contributed by atoms with Crippen LogP contribution in [0.4, 0.5) is 13.2 Å². The van der Waals surface area contributed by atoms with Gasteiger partial charge in [-0.3, -0.25) is 4.99 Å². The summed E-state index contributed by atoms with van der Waals surface area (Å²) in [6, 6.07) is 5.53. The largest absolute Gasteiger partial charge is 0.416 e. The van der Waals surface area contributed by atoms with E-state index in [1.54, 1.807) is 24.5 Å². The van der Waals surface area contributed by atoms with Crippen molar-refractivity contribution in [3.05, 3.63) is 51.5 Å². The molecule has 0 radical (unpaired) electrons. The van der Waals surface area contributed by atoms with Crippen molar-refractivity contribution in [3.8, 4) is 0 Å². The molecule has 0 spiro atoms. The monoisotopic (exact) mass is 526 g/mol. The first-order valence-corrected chi connectivity index (χ1v) is 9.70. The number of hydrogen-bond donors (Lipinski definition) is 2. The molecule has 4 nitrogen and oxygen atoms in total. The third-order valence-corrected chi connectivity index (χ3v) is 5.04. The van der Waals surface area contributed by atoms with Gasteiger partial charge in [0.25, 0.3) is 0 Å². The predicted octanol–water partition coefficient (Wildman–Crippen LogP) is 4.99. The van der Waals surface area contributed by atoms with Gasteiger partial charge in [-0.1, -0.05) is 25.1 Å². The van der Waals surface area contributed by atoms with Gasteiger partial charge in [-0.25, -0.2) is 4.98 Å². The molecule has 0 aliphatic heterocycles. The number of aryl methyl sites for hydroxylation is 1. The van der Waals surface area contributed by atoms with E-state index >= 15 is 0 Å². The molecule has 2 N–H and O–H groups in total. The number of alkyl halides is 3.